The lowest BCUT2D eigenvalue weighted by molar-refractivity contribution is 0.925. The van der Waals surface area contributed by atoms with Gasteiger partial charge in [0, 0.05) is 4.20 Å². The Morgan fingerprint density at radius 1 is 2.00 bits per heavy atom. The third kappa shape index (κ3) is 0.475. The summed E-state index contributed by atoms with van der Waals surface area (Å²) in [5.74, 6) is 0.856. The van der Waals surface area contributed by atoms with Gasteiger partial charge in [-0.05, 0) is 0 Å². The van der Waals surface area contributed by atoms with Gasteiger partial charge < -0.3 is 0 Å². The molecule has 0 radical (unpaired) electrons. The van der Waals surface area contributed by atoms with Crippen LogP contribution in [-0.2, 0) is 0 Å². The molecule has 0 saturated heterocycles. The van der Waals surface area contributed by atoms with E-state index in [4.69, 9.17) is 0 Å². The minimum absolute atomic E-state index is 0.856. The molecule has 0 amide bonds. The molecular formula is CH2FP2+. The van der Waals surface area contributed by atoms with Gasteiger partial charge in [0.05, 0.1) is 0 Å². The van der Waals surface area contributed by atoms with Crippen LogP contribution in [0.5, 0.6) is 0 Å². The topological polar surface area (TPSA) is 0 Å². The summed E-state index contributed by atoms with van der Waals surface area (Å²) in [5.41, 5.74) is 0. The summed E-state index contributed by atoms with van der Waals surface area (Å²) in [5, 5.41) is 0. The first kappa shape index (κ1) is 2.75. The van der Waals surface area contributed by atoms with E-state index < -0.39 is 7.52 Å². The zero-order valence-corrected chi connectivity index (χ0v) is 3.77. The average molecular weight is 95.0 g/mol. The lowest BCUT2D eigenvalue weighted by atomic mass is 11.9. The highest BCUT2D eigenvalue weighted by molar-refractivity contribution is 8.08. The molecule has 1 heterocycles. The molecule has 0 N–H and O–H groups in total. The van der Waals surface area contributed by atoms with Crippen molar-refractivity contribution in [2.75, 3.05) is 5.90 Å². The molecule has 1 unspecified atom stereocenters. The van der Waals surface area contributed by atoms with E-state index in [1.165, 1.54) is 0 Å². The SMILES string of the molecule is F[P+]1=PC1. The van der Waals surface area contributed by atoms with Crippen LogP contribution in [0.25, 0.3) is 0 Å². The van der Waals surface area contributed by atoms with Crippen molar-refractivity contribution in [2.24, 2.45) is 0 Å². The van der Waals surface area contributed by atoms with Crippen LogP contribution in [0.4, 0.5) is 4.20 Å². The van der Waals surface area contributed by atoms with Crippen LogP contribution in [-0.4, -0.2) is 5.90 Å². The molecule has 0 aliphatic carbocycles. The van der Waals surface area contributed by atoms with E-state index >= 15 is 0 Å². The highest BCUT2D eigenvalue weighted by Gasteiger charge is 2.24. The standard InChI is InChI=1S/CH2FP2/c2-4-1-3-4/h1H2/q+1. The van der Waals surface area contributed by atoms with Crippen LogP contribution < -0.4 is 0 Å². The lowest BCUT2D eigenvalue weighted by Gasteiger charge is -1.19. The van der Waals surface area contributed by atoms with Crippen molar-refractivity contribution in [1.29, 1.82) is 0 Å². The Morgan fingerprint density at radius 3 is 2.25 bits per heavy atom. The second-order valence-electron chi connectivity index (χ2n) is 0.619. The van der Waals surface area contributed by atoms with Gasteiger partial charge >= 0.3 is 7.52 Å². The molecule has 0 aromatic carbocycles. The van der Waals surface area contributed by atoms with Gasteiger partial charge in [-0.15, -0.1) is 0 Å². The molecule has 1 aliphatic rings. The maximum atomic E-state index is 11.2. The molecular weight excluding hydrogens is 93.0 g/mol. The van der Waals surface area contributed by atoms with Crippen molar-refractivity contribution < 1.29 is 4.20 Å². The van der Waals surface area contributed by atoms with Crippen molar-refractivity contribution in [3.05, 3.63) is 0 Å². The number of rotatable bonds is 0. The van der Waals surface area contributed by atoms with Crippen LogP contribution in [0.15, 0.2) is 0 Å². The minimum atomic E-state index is -0.898. The molecule has 0 fully saturated rings. The van der Waals surface area contributed by atoms with Crippen molar-refractivity contribution in [3.8, 4) is 0 Å². The van der Waals surface area contributed by atoms with E-state index in [1.807, 2.05) is 0 Å². The molecule has 1 atom stereocenters. The Morgan fingerprint density at radius 2 is 2.25 bits per heavy atom. The Kier molecular flexibility index (Phi) is 0.508. The zero-order valence-electron chi connectivity index (χ0n) is 1.98. The fraction of sp³-hybridized carbons (Fsp3) is 1.00. The maximum Gasteiger partial charge on any atom is 0.352 e. The largest absolute Gasteiger partial charge is 0.352 e. The van der Waals surface area contributed by atoms with Crippen molar-refractivity contribution >= 4 is 15.4 Å². The smallest absolute Gasteiger partial charge is 0.00872 e. The fourth-order valence-electron chi connectivity index (χ4n) is 0.0239. The Labute approximate surface area is 26.5 Å². The second-order valence-corrected chi connectivity index (χ2v) is 4.86. The Balaban J connectivity index is 2.54. The summed E-state index contributed by atoms with van der Waals surface area (Å²) in [6.45, 7) is 0. The summed E-state index contributed by atoms with van der Waals surface area (Å²) in [7, 11) is 0.165. The van der Waals surface area contributed by atoms with Gasteiger partial charge in [0.15, 0.2) is 0 Å². The molecule has 3 heteroatoms. The zero-order chi connectivity index (χ0) is 2.99. The van der Waals surface area contributed by atoms with Gasteiger partial charge in [0.1, 0.15) is 0 Å². The normalized spacial score (nSPS) is 32.8. The molecule has 0 nitrogen and oxygen atoms in total. The van der Waals surface area contributed by atoms with E-state index in [-0.39, 0.29) is 0 Å². The predicted octanol–water partition coefficient (Wildman–Crippen LogP) is 2.19. The number of hydrogen-bond acceptors (Lipinski definition) is 0. The first-order chi connectivity index (χ1) is 1.89. The van der Waals surface area contributed by atoms with E-state index in [1.54, 1.807) is 0 Å². The first-order valence-electron chi connectivity index (χ1n) is 1.00. The Hall–Kier alpha value is 0.530. The number of halogens is 1. The first-order valence-corrected chi connectivity index (χ1v) is 4.20. The fourth-order valence-corrected chi connectivity index (χ4v) is 0.645. The van der Waals surface area contributed by atoms with Crippen LogP contribution in [0, 0.1) is 0 Å². The van der Waals surface area contributed by atoms with E-state index in [0.29, 0.717) is 0 Å². The highest BCUT2D eigenvalue weighted by Crippen LogP contribution is 2.55. The summed E-state index contributed by atoms with van der Waals surface area (Å²) in [6.07, 6.45) is 0. The van der Waals surface area contributed by atoms with Gasteiger partial charge in [0.2, 0.25) is 13.8 Å². The average Bonchev–Trinajstić information content (AvgIpc) is 1.75. The molecule has 0 spiro atoms. The molecule has 22 valence electrons. The van der Waals surface area contributed by atoms with Gasteiger partial charge in [0.25, 0.3) is 0 Å². The van der Waals surface area contributed by atoms with Crippen LogP contribution >= 0.6 is 15.4 Å². The molecule has 0 aromatic heterocycles. The molecule has 0 aromatic rings. The summed E-state index contributed by atoms with van der Waals surface area (Å²) >= 11 is 0. The summed E-state index contributed by atoms with van der Waals surface area (Å²) < 4.78 is 11.2. The lowest BCUT2D eigenvalue weighted by Crippen LogP contribution is -1.10. The minimum Gasteiger partial charge on any atom is 0.00872 e. The van der Waals surface area contributed by atoms with Crippen LogP contribution in [0.3, 0.4) is 0 Å². The summed E-state index contributed by atoms with van der Waals surface area (Å²) in [4.78, 5) is 0. The van der Waals surface area contributed by atoms with Gasteiger partial charge in [-0.25, -0.2) is 0 Å². The van der Waals surface area contributed by atoms with E-state index in [0.717, 1.165) is 13.8 Å². The van der Waals surface area contributed by atoms with Gasteiger partial charge in [-0.1, -0.05) is 0 Å². The third-order valence-corrected chi connectivity index (χ3v) is 2.23. The third-order valence-electron chi connectivity index (χ3n) is 0.248. The molecule has 0 bridgehead atoms. The van der Waals surface area contributed by atoms with Crippen molar-refractivity contribution in [3.63, 3.8) is 0 Å². The van der Waals surface area contributed by atoms with Crippen molar-refractivity contribution in [1.82, 2.24) is 0 Å². The molecule has 0 saturated carbocycles. The molecule has 1 rings (SSSR count). The molecule has 4 heavy (non-hydrogen) atoms. The van der Waals surface area contributed by atoms with Gasteiger partial charge in [-0.2, -0.15) is 0 Å². The monoisotopic (exact) mass is 95.0 g/mol. The quantitative estimate of drug-likeness (QED) is 0.404. The second kappa shape index (κ2) is 0.739. The molecule has 1 aliphatic heterocycles. The maximum absolute atomic E-state index is 11.2. The predicted molar refractivity (Wildman–Crippen MR) is 19.8 cm³/mol. The van der Waals surface area contributed by atoms with Crippen molar-refractivity contribution in [2.45, 2.75) is 0 Å². The van der Waals surface area contributed by atoms with Crippen LogP contribution in [0.1, 0.15) is 0 Å². The summed E-state index contributed by atoms with van der Waals surface area (Å²) in [6, 6.07) is 0. The van der Waals surface area contributed by atoms with Crippen LogP contribution in [0.2, 0.25) is 0 Å². The highest BCUT2D eigenvalue weighted by atomic mass is 31.8. The van der Waals surface area contributed by atoms with E-state index in [9.17, 15) is 4.20 Å². The van der Waals surface area contributed by atoms with E-state index in [2.05, 4.69) is 0 Å². The Bertz CT molecular complexity index is 57.1. The number of hydrogen-bond donors (Lipinski definition) is 0. The van der Waals surface area contributed by atoms with Gasteiger partial charge in [-0.3, -0.25) is 0 Å².